The average Bonchev–Trinajstić information content (AvgIpc) is 3.29. The van der Waals surface area contributed by atoms with Crippen LogP contribution in [0.4, 0.5) is 0 Å². The first kappa shape index (κ1) is 14.2. The van der Waals surface area contributed by atoms with E-state index in [-0.39, 0.29) is 53.3 Å². The normalized spacial score (nSPS) is 70.3. The molecule has 0 amide bonds. The van der Waals surface area contributed by atoms with Gasteiger partial charge in [0.1, 0.15) is 5.41 Å². The zero-order valence-electron chi connectivity index (χ0n) is 14.0. The summed E-state index contributed by atoms with van der Waals surface area (Å²) in [4.78, 5) is 26.3. The number of hydrogen-bond acceptors (Lipinski definition) is 4. The third-order valence-corrected chi connectivity index (χ3v) is 10.4. The van der Waals surface area contributed by atoms with E-state index in [9.17, 15) is 24.9 Å². The number of Topliss-reactive ketones (excluding diaryl/α,β-unsaturated/α-hetero) is 1. The van der Waals surface area contributed by atoms with E-state index in [0.717, 1.165) is 25.7 Å². The number of aliphatic carboxylic acids is 1. The number of rotatable bonds is 1. The summed E-state index contributed by atoms with van der Waals surface area (Å²) in [5.41, 5.74) is -1.25. The van der Waals surface area contributed by atoms with Gasteiger partial charge in [-0.15, -0.1) is 0 Å². The molecule has 5 heteroatoms. The predicted octanol–water partition coefficient (Wildman–Crippen LogP) is 0.782. The molecule has 0 aromatic carbocycles. The number of carboxylic acids is 1. The second kappa shape index (κ2) is 3.84. The maximum atomic E-state index is 13.6. The van der Waals surface area contributed by atoms with Crippen LogP contribution in [0.1, 0.15) is 25.7 Å². The highest BCUT2D eigenvalue weighted by atomic mass is 16.4. The van der Waals surface area contributed by atoms with Crippen molar-refractivity contribution in [3.05, 3.63) is 0 Å². The smallest absolute Gasteiger partial charge is 0.317 e. The standard InChI is InChI=1S/C20H24O5/c21-7-4-2-6-9(7)12-14-13-11-5-1-3-8(22)10(5)17(13)20(16(6)14,19(24)25)18(23)15(11)12/h5-17,21-22H,1-4H2,(H,24,25)/t5-,6+,7+,8-,9-,10-,11-,12+,13+,14-,15-,16+,17-,20-/m1/s1. The molecule has 14 atom stereocenters. The van der Waals surface area contributed by atoms with Gasteiger partial charge < -0.3 is 15.3 Å². The van der Waals surface area contributed by atoms with E-state index in [0.29, 0.717) is 23.7 Å². The molecule has 134 valence electrons. The Morgan fingerprint density at radius 3 is 2.16 bits per heavy atom. The lowest BCUT2D eigenvalue weighted by Crippen LogP contribution is -2.56. The van der Waals surface area contributed by atoms with Crippen LogP contribution >= 0.6 is 0 Å². The summed E-state index contributed by atoms with van der Waals surface area (Å²) in [7, 11) is 0. The number of carboxylic acid groups (broad SMARTS) is 1. The maximum Gasteiger partial charge on any atom is 0.317 e. The fourth-order valence-corrected chi connectivity index (χ4v) is 10.6. The SMILES string of the molecule is O=C(O)[C@@]12C(=O)[C@H]3[C@@H]4[C@H]([C@@H]5[C@H]3[C@@H]3CC[C@@H](O)[C@@H]3[C@H]51)[C@@H]2[C@H]1CC[C@H](O)[C@@H]14. The van der Waals surface area contributed by atoms with Crippen LogP contribution in [0, 0.1) is 70.5 Å². The minimum atomic E-state index is -1.25. The summed E-state index contributed by atoms with van der Waals surface area (Å²) in [6.07, 6.45) is 2.58. The summed E-state index contributed by atoms with van der Waals surface area (Å²) in [6, 6.07) is 0. The van der Waals surface area contributed by atoms with Crippen LogP contribution in [0.15, 0.2) is 0 Å². The third-order valence-electron chi connectivity index (χ3n) is 10.4. The molecule has 5 nitrogen and oxygen atoms in total. The fraction of sp³-hybridized carbons (Fsp3) is 0.900. The molecule has 0 aromatic rings. The Morgan fingerprint density at radius 2 is 1.44 bits per heavy atom. The summed E-state index contributed by atoms with van der Waals surface area (Å²) in [5.74, 6) is 0.596. The Hall–Kier alpha value is -0.940. The topological polar surface area (TPSA) is 94.8 Å². The van der Waals surface area contributed by atoms with Crippen molar-refractivity contribution in [1.82, 2.24) is 0 Å². The molecule has 8 fully saturated rings. The molecule has 25 heavy (non-hydrogen) atoms. The third kappa shape index (κ3) is 1.09. The summed E-state index contributed by atoms with van der Waals surface area (Å²) < 4.78 is 0. The Morgan fingerprint density at radius 1 is 0.800 bits per heavy atom. The van der Waals surface area contributed by atoms with Crippen LogP contribution < -0.4 is 0 Å². The van der Waals surface area contributed by atoms with Gasteiger partial charge in [0.05, 0.1) is 12.2 Å². The molecule has 8 rings (SSSR count). The molecule has 0 spiro atoms. The summed E-state index contributed by atoms with van der Waals surface area (Å²) >= 11 is 0. The van der Waals surface area contributed by atoms with Gasteiger partial charge in [-0.2, -0.15) is 0 Å². The minimum Gasteiger partial charge on any atom is -0.480 e. The highest BCUT2D eigenvalue weighted by molar-refractivity contribution is 6.08. The molecular weight excluding hydrogens is 320 g/mol. The number of aliphatic hydroxyl groups excluding tert-OH is 2. The average molecular weight is 344 g/mol. The highest BCUT2D eigenvalue weighted by Crippen LogP contribution is 2.86. The molecular formula is C20H24O5. The molecule has 3 N–H and O–H groups in total. The zero-order valence-corrected chi connectivity index (χ0v) is 14.0. The van der Waals surface area contributed by atoms with Gasteiger partial charge in [-0.25, -0.2) is 0 Å². The van der Waals surface area contributed by atoms with Crippen LogP contribution in [0.2, 0.25) is 0 Å². The van der Waals surface area contributed by atoms with E-state index < -0.39 is 17.5 Å². The fourth-order valence-electron chi connectivity index (χ4n) is 10.6. The van der Waals surface area contributed by atoms with Crippen molar-refractivity contribution in [2.45, 2.75) is 37.9 Å². The van der Waals surface area contributed by atoms with Gasteiger partial charge in [-0.1, -0.05) is 0 Å². The second-order valence-electron chi connectivity index (χ2n) is 10.2. The number of carbonyl (C=O) groups is 2. The number of aliphatic hydroxyl groups is 2. The quantitative estimate of drug-likeness (QED) is 0.611. The van der Waals surface area contributed by atoms with E-state index in [2.05, 4.69) is 0 Å². The van der Waals surface area contributed by atoms with Crippen molar-refractivity contribution in [3.8, 4) is 0 Å². The molecule has 0 aliphatic heterocycles. The Bertz CT molecular complexity index is 734. The lowest BCUT2D eigenvalue weighted by Gasteiger charge is -2.43. The number of fused-ring (bicyclic) bond motifs is 2. The van der Waals surface area contributed by atoms with Crippen LogP contribution in [-0.4, -0.2) is 39.3 Å². The molecule has 8 aliphatic carbocycles. The van der Waals surface area contributed by atoms with Gasteiger partial charge in [-0.3, -0.25) is 9.59 Å². The largest absolute Gasteiger partial charge is 0.480 e. The number of ketones is 1. The highest BCUT2D eigenvalue weighted by Gasteiger charge is 2.90. The number of carbonyl (C=O) groups excluding carboxylic acids is 1. The van der Waals surface area contributed by atoms with Crippen molar-refractivity contribution in [3.63, 3.8) is 0 Å². The van der Waals surface area contributed by atoms with Crippen molar-refractivity contribution in [2.75, 3.05) is 0 Å². The lowest BCUT2D eigenvalue weighted by molar-refractivity contribution is -0.170. The first-order valence-electron chi connectivity index (χ1n) is 10.1. The van der Waals surface area contributed by atoms with E-state index in [1.165, 1.54) is 0 Å². The molecule has 8 aliphatic rings. The van der Waals surface area contributed by atoms with Gasteiger partial charge >= 0.3 is 5.97 Å². The van der Waals surface area contributed by atoms with E-state index in [4.69, 9.17) is 0 Å². The van der Waals surface area contributed by atoms with Crippen LogP contribution in [0.5, 0.6) is 0 Å². The van der Waals surface area contributed by atoms with Crippen molar-refractivity contribution < 1.29 is 24.9 Å². The maximum absolute atomic E-state index is 13.6. The lowest BCUT2D eigenvalue weighted by atomic mass is 9.56. The van der Waals surface area contributed by atoms with Gasteiger partial charge in [0.25, 0.3) is 0 Å². The molecule has 0 aromatic heterocycles. The van der Waals surface area contributed by atoms with E-state index >= 15 is 0 Å². The van der Waals surface area contributed by atoms with E-state index in [1.54, 1.807) is 0 Å². The van der Waals surface area contributed by atoms with E-state index in [1.807, 2.05) is 0 Å². The van der Waals surface area contributed by atoms with Crippen LogP contribution in [0.25, 0.3) is 0 Å². The molecule has 0 unspecified atom stereocenters. The molecule has 0 heterocycles. The Labute approximate surface area is 145 Å². The summed E-state index contributed by atoms with van der Waals surface area (Å²) in [5, 5.41) is 31.7. The predicted molar refractivity (Wildman–Crippen MR) is 83.9 cm³/mol. The van der Waals surface area contributed by atoms with Gasteiger partial charge in [0, 0.05) is 5.92 Å². The van der Waals surface area contributed by atoms with Crippen LogP contribution in [0.3, 0.4) is 0 Å². The van der Waals surface area contributed by atoms with Crippen molar-refractivity contribution in [2.24, 2.45) is 70.5 Å². The van der Waals surface area contributed by atoms with Gasteiger partial charge in [0.15, 0.2) is 5.78 Å². The van der Waals surface area contributed by atoms with Crippen molar-refractivity contribution >= 4 is 11.8 Å². The van der Waals surface area contributed by atoms with Crippen LogP contribution in [-0.2, 0) is 9.59 Å². The monoisotopic (exact) mass is 344 g/mol. The molecule has 8 bridgehead atoms. The first-order chi connectivity index (χ1) is 12.0. The van der Waals surface area contributed by atoms with Gasteiger partial charge in [0.2, 0.25) is 0 Å². The zero-order chi connectivity index (χ0) is 17.0. The second-order valence-corrected chi connectivity index (χ2v) is 10.2. The molecule has 8 saturated carbocycles. The number of hydrogen-bond donors (Lipinski definition) is 3. The Kier molecular flexibility index (Phi) is 2.17. The summed E-state index contributed by atoms with van der Waals surface area (Å²) in [6.45, 7) is 0. The van der Waals surface area contributed by atoms with Crippen molar-refractivity contribution in [1.29, 1.82) is 0 Å². The molecule has 0 saturated heterocycles. The Balaban J connectivity index is 1.51. The first-order valence-corrected chi connectivity index (χ1v) is 10.1. The van der Waals surface area contributed by atoms with Gasteiger partial charge in [-0.05, 0) is 84.9 Å². The molecule has 0 radical (unpaired) electrons. The minimum absolute atomic E-state index is 0.00167.